The van der Waals surface area contributed by atoms with Crippen LogP contribution in [0.1, 0.15) is 16.8 Å². The van der Waals surface area contributed by atoms with Gasteiger partial charge < -0.3 is 10.2 Å². The Balaban J connectivity index is 2.07. The predicted molar refractivity (Wildman–Crippen MR) is 73.9 cm³/mol. The second kappa shape index (κ2) is 6.68. The molecule has 0 saturated heterocycles. The van der Waals surface area contributed by atoms with Gasteiger partial charge >= 0.3 is 6.09 Å². The van der Waals surface area contributed by atoms with E-state index in [1.807, 2.05) is 18.2 Å². The maximum atomic E-state index is 11.3. The van der Waals surface area contributed by atoms with Crippen molar-refractivity contribution in [3.63, 3.8) is 0 Å². The fourth-order valence-corrected chi connectivity index (χ4v) is 1.85. The van der Waals surface area contributed by atoms with Gasteiger partial charge in [-0.2, -0.15) is 0 Å². The fourth-order valence-electron chi connectivity index (χ4n) is 1.85. The number of aliphatic hydroxyl groups excluding tert-OH is 1. The van der Waals surface area contributed by atoms with E-state index >= 15 is 0 Å². The Morgan fingerprint density at radius 1 is 1.05 bits per heavy atom. The van der Waals surface area contributed by atoms with Gasteiger partial charge in [-0.05, 0) is 23.3 Å². The van der Waals surface area contributed by atoms with Crippen LogP contribution in [0, 0.1) is 0 Å². The Bertz CT molecular complexity index is 555. The Morgan fingerprint density at radius 2 is 1.75 bits per heavy atom. The summed E-state index contributed by atoms with van der Waals surface area (Å²) in [6, 6.07) is 12.6. The van der Waals surface area contributed by atoms with Crippen molar-refractivity contribution in [3.8, 4) is 0 Å². The van der Waals surface area contributed by atoms with Crippen molar-refractivity contribution in [2.24, 2.45) is 0 Å². The zero-order chi connectivity index (χ0) is 14.4. The van der Waals surface area contributed by atoms with Gasteiger partial charge in [0.05, 0.1) is 18.8 Å². The molecule has 0 bridgehead atoms. The first-order valence-electron chi connectivity index (χ1n) is 6.25. The SMILES string of the molecule is O=C(O)N(Cc1ccc(CO)cc1)Cc1ccccn1. The molecule has 0 aliphatic carbocycles. The normalized spacial score (nSPS) is 10.2. The van der Waals surface area contributed by atoms with Gasteiger partial charge in [-0.1, -0.05) is 30.3 Å². The van der Waals surface area contributed by atoms with Crippen LogP contribution in [-0.4, -0.2) is 26.2 Å². The van der Waals surface area contributed by atoms with E-state index in [0.29, 0.717) is 5.69 Å². The molecule has 0 radical (unpaired) electrons. The lowest BCUT2D eigenvalue weighted by atomic mass is 10.1. The third-order valence-electron chi connectivity index (χ3n) is 2.93. The molecule has 20 heavy (non-hydrogen) atoms. The largest absolute Gasteiger partial charge is 0.465 e. The number of amides is 1. The second-order valence-electron chi connectivity index (χ2n) is 4.43. The standard InChI is InChI=1S/C15H16N2O3/c18-11-13-6-4-12(5-7-13)9-17(15(19)20)10-14-3-1-2-8-16-14/h1-8,18H,9-11H2,(H,19,20). The molecule has 0 aliphatic rings. The number of rotatable bonds is 5. The minimum Gasteiger partial charge on any atom is -0.465 e. The number of hydrogen-bond donors (Lipinski definition) is 2. The molecule has 0 aliphatic heterocycles. The second-order valence-corrected chi connectivity index (χ2v) is 4.43. The third kappa shape index (κ3) is 3.80. The van der Waals surface area contributed by atoms with Gasteiger partial charge in [-0.25, -0.2) is 4.79 Å². The number of carbonyl (C=O) groups is 1. The van der Waals surface area contributed by atoms with E-state index in [9.17, 15) is 9.90 Å². The zero-order valence-electron chi connectivity index (χ0n) is 10.9. The fraction of sp³-hybridized carbons (Fsp3) is 0.200. The number of hydrogen-bond acceptors (Lipinski definition) is 3. The minimum atomic E-state index is -0.984. The molecule has 5 heteroatoms. The molecule has 0 saturated carbocycles. The van der Waals surface area contributed by atoms with Crippen molar-refractivity contribution in [1.29, 1.82) is 0 Å². The lowest BCUT2D eigenvalue weighted by Gasteiger charge is -2.19. The molecule has 5 nitrogen and oxygen atoms in total. The van der Waals surface area contributed by atoms with E-state index in [-0.39, 0.29) is 19.7 Å². The number of aromatic nitrogens is 1. The van der Waals surface area contributed by atoms with Crippen molar-refractivity contribution in [2.45, 2.75) is 19.7 Å². The molecule has 2 aromatic rings. The van der Waals surface area contributed by atoms with Gasteiger partial charge in [0.25, 0.3) is 0 Å². The van der Waals surface area contributed by atoms with Crippen molar-refractivity contribution >= 4 is 6.09 Å². The quantitative estimate of drug-likeness (QED) is 0.875. The summed E-state index contributed by atoms with van der Waals surface area (Å²) in [5, 5.41) is 18.2. The molecule has 0 spiro atoms. The van der Waals surface area contributed by atoms with Crippen LogP contribution in [0.25, 0.3) is 0 Å². The Kier molecular flexibility index (Phi) is 4.68. The van der Waals surface area contributed by atoms with E-state index < -0.39 is 6.09 Å². The van der Waals surface area contributed by atoms with Crippen LogP contribution in [0.3, 0.4) is 0 Å². The third-order valence-corrected chi connectivity index (χ3v) is 2.93. The van der Waals surface area contributed by atoms with Crippen LogP contribution in [-0.2, 0) is 19.7 Å². The van der Waals surface area contributed by atoms with Gasteiger partial charge in [0.1, 0.15) is 0 Å². The maximum Gasteiger partial charge on any atom is 0.407 e. The Hall–Kier alpha value is -2.40. The summed E-state index contributed by atoms with van der Waals surface area (Å²) >= 11 is 0. The van der Waals surface area contributed by atoms with Crippen LogP contribution in [0.2, 0.25) is 0 Å². The number of pyridine rings is 1. The number of aliphatic hydroxyl groups is 1. The smallest absolute Gasteiger partial charge is 0.407 e. The molecular formula is C15H16N2O3. The van der Waals surface area contributed by atoms with Crippen LogP contribution in [0.5, 0.6) is 0 Å². The summed E-state index contributed by atoms with van der Waals surface area (Å²) in [5.41, 5.74) is 2.39. The van der Waals surface area contributed by atoms with E-state index in [2.05, 4.69) is 4.98 Å². The molecule has 2 N–H and O–H groups in total. The summed E-state index contributed by atoms with van der Waals surface area (Å²) in [5.74, 6) is 0. The maximum absolute atomic E-state index is 11.3. The first kappa shape index (κ1) is 14.0. The van der Waals surface area contributed by atoms with Crippen LogP contribution in [0.4, 0.5) is 4.79 Å². The Morgan fingerprint density at radius 3 is 2.30 bits per heavy atom. The highest BCUT2D eigenvalue weighted by Crippen LogP contribution is 2.10. The van der Waals surface area contributed by atoms with Gasteiger partial charge in [0, 0.05) is 12.7 Å². The van der Waals surface area contributed by atoms with Gasteiger partial charge in [-0.3, -0.25) is 9.88 Å². The summed E-state index contributed by atoms with van der Waals surface area (Å²) in [7, 11) is 0. The van der Waals surface area contributed by atoms with E-state index in [0.717, 1.165) is 11.1 Å². The predicted octanol–water partition coefficient (Wildman–Crippen LogP) is 2.25. The topological polar surface area (TPSA) is 73.7 Å². The summed E-state index contributed by atoms with van der Waals surface area (Å²) in [6.45, 7) is 0.520. The molecule has 1 aromatic carbocycles. The molecule has 0 atom stereocenters. The molecule has 104 valence electrons. The summed E-state index contributed by atoms with van der Waals surface area (Å²) in [4.78, 5) is 16.7. The van der Waals surface area contributed by atoms with Crippen molar-refractivity contribution in [2.75, 3.05) is 0 Å². The van der Waals surface area contributed by atoms with Crippen molar-refractivity contribution in [3.05, 3.63) is 65.5 Å². The van der Waals surface area contributed by atoms with Crippen LogP contribution in [0.15, 0.2) is 48.7 Å². The van der Waals surface area contributed by atoms with Gasteiger partial charge in [-0.15, -0.1) is 0 Å². The zero-order valence-corrected chi connectivity index (χ0v) is 10.9. The molecule has 1 aromatic heterocycles. The van der Waals surface area contributed by atoms with E-state index in [1.165, 1.54) is 4.90 Å². The highest BCUT2D eigenvalue weighted by Gasteiger charge is 2.13. The number of carboxylic acid groups (broad SMARTS) is 1. The number of nitrogens with zero attached hydrogens (tertiary/aromatic N) is 2. The highest BCUT2D eigenvalue weighted by molar-refractivity contribution is 5.65. The van der Waals surface area contributed by atoms with E-state index in [1.54, 1.807) is 30.5 Å². The molecule has 0 fully saturated rings. The highest BCUT2D eigenvalue weighted by atomic mass is 16.4. The summed E-state index contributed by atoms with van der Waals surface area (Å²) < 4.78 is 0. The van der Waals surface area contributed by atoms with Crippen molar-refractivity contribution < 1.29 is 15.0 Å². The average molecular weight is 272 g/mol. The first-order valence-corrected chi connectivity index (χ1v) is 6.25. The molecular weight excluding hydrogens is 256 g/mol. The molecule has 1 heterocycles. The Labute approximate surface area is 117 Å². The summed E-state index contributed by atoms with van der Waals surface area (Å²) in [6.07, 6.45) is 0.660. The van der Waals surface area contributed by atoms with Crippen molar-refractivity contribution in [1.82, 2.24) is 9.88 Å². The van der Waals surface area contributed by atoms with Gasteiger partial charge in [0.2, 0.25) is 0 Å². The van der Waals surface area contributed by atoms with E-state index in [4.69, 9.17) is 5.11 Å². The van der Waals surface area contributed by atoms with Gasteiger partial charge in [0.15, 0.2) is 0 Å². The van der Waals surface area contributed by atoms with Crippen LogP contribution < -0.4 is 0 Å². The number of benzene rings is 1. The van der Waals surface area contributed by atoms with Crippen LogP contribution >= 0.6 is 0 Å². The monoisotopic (exact) mass is 272 g/mol. The molecule has 1 amide bonds. The average Bonchev–Trinajstić information content (AvgIpc) is 2.48. The molecule has 0 unspecified atom stereocenters. The lowest BCUT2D eigenvalue weighted by Crippen LogP contribution is -2.28. The molecule has 2 rings (SSSR count). The first-order chi connectivity index (χ1) is 9.69. The minimum absolute atomic E-state index is 0.0170. The lowest BCUT2D eigenvalue weighted by molar-refractivity contribution is 0.138.